The van der Waals surface area contributed by atoms with Crippen LogP contribution in [0.2, 0.25) is 0 Å². The van der Waals surface area contributed by atoms with Crippen LogP contribution in [-0.2, 0) is 20.8 Å². The molecular weight excluding hydrogens is 402 g/mol. The van der Waals surface area contributed by atoms with E-state index in [-0.39, 0.29) is 42.3 Å². The normalized spacial score (nSPS) is 19.4. The minimum atomic E-state index is -0.567. The van der Waals surface area contributed by atoms with Gasteiger partial charge in [0.1, 0.15) is 6.04 Å². The second kappa shape index (κ2) is 12.6. The minimum Gasteiger partial charge on any atom is -0.344 e. The van der Waals surface area contributed by atoms with Crippen LogP contribution in [0.1, 0.15) is 72.3 Å². The lowest BCUT2D eigenvalue weighted by atomic mass is 9.89. The van der Waals surface area contributed by atoms with Crippen LogP contribution in [0.5, 0.6) is 0 Å². The van der Waals surface area contributed by atoms with E-state index >= 15 is 0 Å². The summed E-state index contributed by atoms with van der Waals surface area (Å²) < 4.78 is 0. The Hall–Kier alpha value is -2.37. The Morgan fingerprint density at radius 3 is 2.44 bits per heavy atom. The van der Waals surface area contributed by atoms with Crippen LogP contribution in [0.4, 0.5) is 0 Å². The monoisotopic (exact) mass is 443 g/mol. The zero-order chi connectivity index (χ0) is 23.7. The highest BCUT2D eigenvalue weighted by Gasteiger charge is 2.40. The van der Waals surface area contributed by atoms with Crippen molar-refractivity contribution in [2.24, 2.45) is 11.8 Å². The maximum atomic E-state index is 13.7. The van der Waals surface area contributed by atoms with Gasteiger partial charge < -0.3 is 15.1 Å². The Morgan fingerprint density at radius 1 is 1.16 bits per heavy atom. The van der Waals surface area contributed by atoms with E-state index in [9.17, 15) is 14.4 Å². The van der Waals surface area contributed by atoms with E-state index in [1.165, 1.54) is 12.5 Å². The highest BCUT2D eigenvalue weighted by Crippen LogP contribution is 2.27. The first-order valence-electron chi connectivity index (χ1n) is 12.2. The highest BCUT2D eigenvalue weighted by molar-refractivity contribution is 5.89. The molecule has 0 bridgehead atoms. The summed E-state index contributed by atoms with van der Waals surface area (Å²) in [5.74, 6) is 0.0914. The Kier molecular flexibility index (Phi) is 10.2. The van der Waals surface area contributed by atoms with E-state index in [0.717, 1.165) is 32.1 Å². The number of hydrogen-bond acceptors (Lipinski definition) is 3. The molecule has 1 saturated heterocycles. The molecule has 1 fully saturated rings. The van der Waals surface area contributed by atoms with Gasteiger partial charge in [0.15, 0.2) is 0 Å². The lowest BCUT2D eigenvalue weighted by Gasteiger charge is -2.45. The summed E-state index contributed by atoms with van der Waals surface area (Å²) in [4.78, 5) is 42.3. The molecule has 0 spiro atoms. The first kappa shape index (κ1) is 25.9. The predicted molar refractivity (Wildman–Crippen MR) is 128 cm³/mol. The van der Waals surface area contributed by atoms with Gasteiger partial charge in [-0.1, -0.05) is 77.3 Å². The molecular formula is C26H41N3O3. The molecule has 1 aromatic carbocycles. The zero-order valence-electron chi connectivity index (χ0n) is 20.5. The third-order valence-corrected chi connectivity index (χ3v) is 6.76. The Balaban J connectivity index is 2.24. The zero-order valence-corrected chi connectivity index (χ0v) is 20.5. The third-order valence-electron chi connectivity index (χ3n) is 6.76. The SMILES string of the molecule is CCCCC(C)[C@@H]1CC(=O)N(CCc2ccccc2)CN1C(=O)C(NC(C)=O)C(C)CC. The van der Waals surface area contributed by atoms with Crippen molar-refractivity contribution in [2.75, 3.05) is 13.2 Å². The fourth-order valence-electron chi connectivity index (χ4n) is 4.43. The molecule has 0 radical (unpaired) electrons. The number of nitrogens with zero attached hydrogens (tertiary/aromatic N) is 2. The van der Waals surface area contributed by atoms with Crippen molar-refractivity contribution >= 4 is 17.7 Å². The molecule has 6 nitrogen and oxygen atoms in total. The molecule has 1 heterocycles. The average molecular weight is 444 g/mol. The first-order chi connectivity index (χ1) is 15.3. The van der Waals surface area contributed by atoms with Crippen molar-refractivity contribution in [3.63, 3.8) is 0 Å². The topological polar surface area (TPSA) is 69.7 Å². The molecule has 3 unspecified atom stereocenters. The molecule has 1 N–H and O–H groups in total. The molecule has 3 amide bonds. The maximum absolute atomic E-state index is 13.7. The fraction of sp³-hybridized carbons (Fsp3) is 0.654. The molecule has 1 aliphatic rings. The van der Waals surface area contributed by atoms with Gasteiger partial charge in [0, 0.05) is 25.9 Å². The van der Waals surface area contributed by atoms with E-state index in [2.05, 4.69) is 31.3 Å². The second-order valence-electron chi connectivity index (χ2n) is 9.30. The Bertz CT molecular complexity index is 752. The van der Waals surface area contributed by atoms with Crippen molar-refractivity contribution in [1.29, 1.82) is 0 Å². The molecule has 6 heteroatoms. The quantitative estimate of drug-likeness (QED) is 0.562. The molecule has 32 heavy (non-hydrogen) atoms. The molecule has 1 aromatic rings. The van der Waals surface area contributed by atoms with Gasteiger partial charge in [-0.15, -0.1) is 0 Å². The summed E-state index contributed by atoms with van der Waals surface area (Å²) in [7, 11) is 0. The van der Waals surface area contributed by atoms with Gasteiger partial charge in [0.25, 0.3) is 0 Å². The number of benzene rings is 1. The van der Waals surface area contributed by atoms with Gasteiger partial charge in [0.05, 0.1) is 6.67 Å². The molecule has 0 aromatic heterocycles. The summed E-state index contributed by atoms with van der Waals surface area (Å²) >= 11 is 0. The van der Waals surface area contributed by atoms with E-state index < -0.39 is 6.04 Å². The van der Waals surface area contributed by atoms with Gasteiger partial charge >= 0.3 is 0 Å². The van der Waals surface area contributed by atoms with Crippen molar-refractivity contribution in [3.8, 4) is 0 Å². The van der Waals surface area contributed by atoms with Crippen LogP contribution in [0, 0.1) is 11.8 Å². The lowest BCUT2D eigenvalue weighted by molar-refractivity contribution is -0.155. The number of rotatable bonds is 11. The van der Waals surface area contributed by atoms with Crippen LogP contribution in [0.3, 0.4) is 0 Å². The minimum absolute atomic E-state index is 0.0217. The van der Waals surface area contributed by atoms with Crippen molar-refractivity contribution in [2.45, 2.75) is 85.2 Å². The van der Waals surface area contributed by atoms with Gasteiger partial charge in [-0.05, 0) is 30.2 Å². The van der Waals surface area contributed by atoms with E-state index in [0.29, 0.717) is 13.0 Å². The standard InChI is InChI=1S/C26H41N3O3/c1-6-8-12-20(4)23-17-24(31)28(16-15-22-13-10-9-11-14-22)18-29(23)26(32)25(19(3)7-2)27-21(5)30/h9-11,13-14,19-20,23,25H,6-8,12,15-18H2,1-5H3,(H,27,30)/t19?,20?,23-,25?/m0/s1. The number of unbranched alkanes of at least 4 members (excludes halogenated alkanes) is 1. The van der Waals surface area contributed by atoms with E-state index in [1.807, 2.05) is 36.9 Å². The number of amides is 3. The molecule has 4 atom stereocenters. The second-order valence-corrected chi connectivity index (χ2v) is 9.30. The molecule has 1 aliphatic heterocycles. The maximum Gasteiger partial charge on any atom is 0.247 e. The Morgan fingerprint density at radius 2 is 1.84 bits per heavy atom. The summed E-state index contributed by atoms with van der Waals surface area (Å²) in [6.07, 6.45) is 5.03. The summed E-state index contributed by atoms with van der Waals surface area (Å²) in [5, 5.41) is 2.88. The van der Waals surface area contributed by atoms with Gasteiger partial charge in [-0.3, -0.25) is 14.4 Å². The van der Waals surface area contributed by atoms with Gasteiger partial charge in [0.2, 0.25) is 17.7 Å². The number of hydrogen-bond donors (Lipinski definition) is 1. The first-order valence-corrected chi connectivity index (χ1v) is 12.2. The summed E-state index contributed by atoms with van der Waals surface area (Å²) in [6.45, 7) is 10.6. The smallest absolute Gasteiger partial charge is 0.247 e. The lowest BCUT2D eigenvalue weighted by Crippen LogP contribution is -2.62. The third kappa shape index (κ3) is 7.07. The van der Waals surface area contributed by atoms with Crippen LogP contribution in [-0.4, -0.2) is 52.8 Å². The fourth-order valence-corrected chi connectivity index (χ4v) is 4.43. The van der Waals surface area contributed by atoms with Crippen LogP contribution >= 0.6 is 0 Å². The number of carbonyl (C=O) groups excluding carboxylic acids is 3. The summed E-state index contributed by atoms with van der Waals surface area (Å²) in [6, 6.07) is 9.40. The number of nitrogens with one attached hydrogen (secondary N) is 1. The van der Waals surface area contributed by atoms with Crippen LogP contribution in [0.25, 0.3) is 0 Å². The van der Waals surface area contributed by atoms with Crippen molar-refractivity contribution < 1.29 is 14.4 Å². The Labute approximate surface area is 193 Å². The van der Waals surface area contributed by atoms with Crippen molar-refractivity contribution in [3.05, 3.63) is 35.9 Å². The molecule has 0 saturated carbocycles. The van der Waals surface area contributed by atoms with E-state index in [1.54, 1.807) is 4.90 Å². The average Bonchev–Trinajstić information content (AvgIpc) is 2.79. The molecule has 2 rings (SSSR count). The van der Waals surface area contributed by atoms with Crippen LogP contribution < -0.4 is 5.32 Å². The van der Waals surface area contributed by atoms with Gasteiger partial charge in [-0.25, -0.2) is 0 Å². The largest absolute Gasteiger partial charge is 0.344 e. The number of carbonyl (C=O) groups is 3. The van der Waals surface area contributed by atoms with Gasteiger partial charge in [-0.2, -0.15) is 0 Å². The highest BCUT2D eigenvalue weighted by atomic mass is 16.2. The van der Waals surface area contributed by atoms with E-state index in [4.69, 9.17) is 0 Å². The predicted octanol–water partition coefficient (Wildman–Crippen LogP) is 3.99. The molecule has 0 aliphatic carbocycles. The van der Waals surface area contributed by atoms with Crippen molar-refractivity contribution in [1.82, 2.24) is 15.1 Å². The molecule has 178 valence electrons. The van der Waals surface area contributed by atoms with Crippen LogP contribution in [0.15, 0.2) is 30.3 Å². The summed E-state index contributed by atoms with van der Waals surface area (Å²) in [5.41, 5.74) is 1.17.